The van der Waals surface area contributed by atoms with Gasteiger partial charge in [-0.05, 0) is 56.0 Å². The van der Waals surface area contributed by atoms with Gasteiger partial charge in [0.05, 0.1) is 17.6 Å². The number of imidazole rings is 1. The van der Waals surface area contributed by atoms with Gasteiger partial charge in [0.2, 0.25) is 0 Å². The summed E-state index contributed by atoms with van der Waals surface area (Å²) in [6, 6.07) is 18.2. The fourth-order valence-corrected chi connectivity index (χ4v) is 5.10. The van der Waals surface area contributed by atoms with E-state index in [1.807, 2.05) is 0 Å². The second-order valence-electron chi connectivity index (χ2n) is 8.28. The number of hydrogen-bond acceptors (Lipinski definition) is 3. The molecular formula is C24H30N4. The van der Waals surface area contributed by atoms with E-state index in [0.29, 0.717) is 6.04 Å². The van der Waals surface area contributed by atoms with Crippen LogP contribution >= 0.6 is 0 Å². The molecule has 4 heteroatoms. The van der Waals surface area contributed by atoms with E-state index in [9.17, 15) is 0 Å². The lowest BCUT2D eigenvalue weighted by Gasteiger charge is -2.41. The maximum absolute atomic E-state index is 4.95. The van der Waals surface area contributed by atoms with Gasteiger partial charge in [-0.1, -0.05) is 36.4 Å². The maximum Gasteiger partial charge on any atom is 0.124 e. The number of hydrogen-bond donors (Lipinski definition) is 0. The van der Waals surface area contributed by atoms with Crippen LogP contribution < -0.4 is 0 Å². The molecule has 0 N–H and O–H groups in total. The zero-order valence-electron chi connectivity index (χ0n) is 16.8. The standard InChI is InChI=1S/C24H30N4/c1-2-28-23-12-6-5-11-22(23)25-24(28)18-26-14-7-10-21(17-26)27-15-13-19-8-3-4-9-20(19)16-27/h3-6,8-9,11-12,21H,2,7,10,13-18H2,1H3. The number of aryl methyl sites for hydroxylation is 1. The molecule has 0 spiro atoms. The van der Waals surface area contributed by atoms with Crippen molar-refractivity contribution in [2.45, 2.75) is 51.9 Å². The molecule has 0 saturated carbocycles. The van der Waals surface area contributed by atoms with Crippen LogP contribution in [-0.2, 0) is 26.1 Å². The number of rotatable bonds is 4. The molecule has 3 aromatic rings. The largest absolute Gasteiger partial charge is 0.327 e. The van der Waals surface area contributed by atoms with Crippen LogP contribution in [0.15, 0.2) is 48.5 Å². The summed E-state index contributed by atoms with van der Waals surface area (Å²) in [4.78, 5) is 10.3. The molecule has 0 aliphatic carbocycles. The van der Waals surface area contributed by atoms with Gasteiger partial charge in [0, 0.05) is 32.2 Å². The number of piperidine rings is 1. The Kier molecular flexibility index (Phi) is 4.91. The summed E-state index contributed by atoms with van der Waals surface area (Å²) in [5.41, 5.74) is 5.46. The smallest absolute Gasteiger partial charge is 0.124 e. The molecule has 0 amide bonds. The normalized spacial score (nSPS) is 21.1. The summed E-state index contributed by atoms with van der Waals surface area (Å²) < 4.78 is 2.39. The number of para-hydroxylation sites is 2. The first-order valence-corrected chi connectivity index (χ1v) is 10.8. The van der Waals surface area contributed by atoms with Crippen LogP contribution in [0.4, 0.5) is 0 Å². The van der Waals surface area contributed by atoms with E-state index in [0.717, 1.165) is 31.7 Å². The lowest BCUT2D eigenvalue weighted by atomic mass is 9.96. The minimum Gasteiger partial charge on any atom is -0.327 e. The van der Waals surface area contributed by atoms with E-state index in [-0.39, 0.29) is 0 Å². The van der Waals surface area contributed by atoms with Gasteiger partial charge in [0.25, 0.3) is 0 Å². The number of nitrogens with zero attached hydrogens (tertiary/aromatic N) is 4. The molecule has 0 bridgehead atoms. The molecule has 1 fully saturated rings. The molecule has 3 heterocycles. The first kappa shape index (κ1) is 17.9. The van der Waals surface area contributed by atoms with Gasteiger partial charge in [0.1, 0.15) is 5.82 Å². The Bertz CT molecular complexity index is 960. The third-order valence-electron chi connectivity index (χ3n) is 6.57. The zero-order valence-corrected chi connectivity index (χ0v) is 16.8. The summed E-state index contributed by atoms with van der Waals surface area (Å²) in [7, 11) is 0. The van der Waals surface area contributed by atoms with Gasteiger partial charge >= 0.3 is 0 Å². The molecular weight excluding hydrogens is 344 g/mol. The molecule has 1 saturated heterocycles. The summed E-state index contributed by atoms with van der Waals surface area (Å²) in [6.45, 7) is 8.83. The molecule has 1 aromatic heterocycles. The van der Waals surface area contributed by atoms with Crippen molar-refractivity contribution in [1.29, 1.82) is 0 Å². The van der Waals surface area contributed by atoms with Crippen LogP contribution in [0.2, 0.25) is 0 Å². The van der Waals surface area contributed by atoms with E-state index in [1.165, 1.54) is 49.3 Å². The predicted octanol–water partition coefficient (Wildman–Crippen LogP) is 4.08. The van der Waals surface area contributed by atoms with E-state index in [2.05, 4.69) is 69.8 Å². The highest BCUT2D eigenvalue weighted by Crippen LogP contribution is 2.25. The Hall–Kier alpha value is -2.17. The highest BCUT2D eigenvalue weighted by molar-refractivity contribution is 5.75. The van der Waals surface area contributed by atoms with Crippen LogP contribution in [0.1, 0.15) is 36.7 Å². The van der Waals surface area contributed by atoms with Crippen molar-refractivity contribution in [3.05, 3.63) is 65.5 Å². The van der Waals surface area contributed by atoms with Crippen molar-refractivity contribution >= 4 is 11.0 Å². The fraction of sp³-hybridized carbons (Fsp3) is 0.458. The second kappa shape index (κ2) is 7.69. The SMILES string of the molecule is CCn1c(CN2CCCC(N3CCc4ccccc4C3)C2)nc2ccccc21. The summed E-state index contributed by atoms with van der Waals surface area (Å²) >= 11 is 0. The van der Waals surface area contributed by atoms with Crippen LogP contribution in [-0.4, -0.2) is 45.0 Å². The number of benzene rings is 2. The molecule has 4 nitrogen and oxygen atoms in total. The van der Waals surface area contributed by atoms with Crippen molar-refractivity contribution in [2.75, 3.05) is 19.6 Å². The number of fused-ring (bicyclic) bond motifs is 2. The number of likely N-dealkylation sites (tertiary alicyclic amines) is 1. The summed E-state index contributed by atoms with van der Waals surface area (Å²) in [6.07, 6.45) is 3.80. The number of aromatic nitrogens is 2. The zero-order chi connectivity index (χ0) is 18.9. The molecule has 2 aliphatic rings. The molecule has 28 heavy (non-hydrogen) atoms. The third-order valence-corrected chi connectivity index (χ3v) is 6.57. The van der Waals surface area contributed by atoms with Crippen molar-refractivity contribution in [2.24, 2.45) is 0 Å². The monoisotopic (exact) mass is 374 g/mol. The van der Waals surface area contributed by atoms with Crippen molar-refractivity contribution in [3.8, 4) is 0 Å². The molecule has 5 rings (SSSR count). The average Bonchev–Trinajstić information content (AvgIpc) is 3.10. The second-order valence-corrected chi connectivity index (χ2v) is 8.28. The topological polar surface area (TPSA) is 24.3 Å². The van der Waals surface area contributed by atoms with Gasteiger partial charge in [-0.15, -0.1) is 0 Å². The Labute approximate surface area is 167 Å². The minimum atomic E-state index is 0.668. The highest BCUT2D eigenvalue weighted by atomic mass is 15.2. The summed E-state index contributed by atoms with van der Waals surface area (Å²) in [5.74, 6) is 1.22. The van der Waals surface area contributed by atoms with Crippen LogP contribution in [0.25, 0.3) is 11.0 Å². The van der Waals surface area contributed by atoms with E-state index < -0.39 is 0 Å². The predicted molar refractivity (Wildman–Crippen MR) is 114 cm³/mol. The third kappa shape index (κ3) is 3.36. The lowest BCUT2D eigenvalue weighted by molar-refractivity contribution is 0.0820. The minimum absolute atomic E-state index is 0.668. The van der Waals surface area contributed by atoms with E-state index in [1.54, 1.807) is 5.56 Å². The molecule has 0 radical (unpaired) electrons. The molecule has 2 aliphatic heterocycles. The Balaban J connectivity index is 1.30. The van der Waals surface area contributed by atoms with Crippen LogP contribution in [0.3, 0.4) is 0 Å². The quantitative estimate of drug-likeness (QED) is 0.688. The van der Waals surface area contributed by atoms with Gasteiger partial charge < -0.3 is 4.57 Å². The highest BCUT2D eigenvalue weighted by Gasteiger charge is 2.28. The average molecular weight is 375 g/mol. The van der Waals surface area contributed by atoms with Crippen LogP contribution in [0.5, 0.6) is 0 Å². The van der Waals surface area contributed by atoms with E-state index in [4.69, 9.17) is 4.98 Å². The van der Waals surface area contributed by atoms with E-state index >= 15 is 0 Å². The fourth-order valence-electron chi connectivity index (χ4n) is 5.10. The van der Waals surface area contributed by atoms with Gasteiger partial charge in [-0.3, -0.25) is 9.80 Å². The summed E-state index contributed by atoms with van der Waals surface area (Å²) in [5, 5.41) is 0. The first-order chi connectivity index (χ1) is 13.8. The van der Waals surface area contributed by atoms with Gasteiger partial charge in [0.15, 0.2) is 0 Å². The lowest BCUT2D eigenvalue weighted by Crippen LogP contribution is -2.49. The Morgan fingerprint density at radius 2 is 1.82 bits per heavy atom. The van der Waals surface area contributed by atoms with Crippen LogP contribution in [0, 0.1) is 0 Å². The molecule has 146 valence electrons. The molecule has 1 atom stereocenters. The molecule has 2 aromatic carbocycles. The van der Waals surface area contributed by atoms with Crippen molar-refractivity contribution in [3.63, 3.8) is 0 Å². The maximum atomic E-state index is 4.95. The Morgan fingerprint density at radius 1 is 1.00 bits per heavy atom. The Morgan fingerprint density at radius 3 is 2.71 bits per heavy atom. The molecule has 1 unspecified atom stereocenters. The van der Waals surface area contributed by atoms with Gasteiger partial charge in [-0.2, -0.15) is 0 Å². The van der Waals surface area contributed by atoms with Crippen molar-refractivity contribution < 1.29 is 0 Å². The van der Waals surface area contributed by atoms with Crippen molar-refractivity contribution in [1.82, 2.24) is 19.4 Å². The van der Waals surface area contributed by atoms with Gasteiger partial charge in [-0.25, -0.2) is 4.98 Å². The first-order valence-electron chi connectivity index (χ1n) is 10.8.